The summed E-state index contributed by atoms with van der Waals surface area (Å²) in [5, 5.41) is 12.6. The first kappa shape index (κ1) is 17.6. The number of fused-ring (bicyclic) bond motifs is 1. The van der Waals surface area contributed by atoms with Crippen LogP contribution in [0.15, 0.2) is 23.3 Å². The smallest absolute Gasteiger partial charge is 0.275 e. The minimum atomic E-state index is -0.130. The maximum atomic E-state index is 12.2. The molecular weight excluding hydrogens is 338 g/mol. The van der Waals surface area contributed by atoms with Crippen molar-refractivity contribution in [2.45, 2.75) is 25.8 Å². The molecule has 0 saturated heterocycles. The summed E-state index contributed by atoms with van der Waals surface area (Å²) < 4.78 is 3.16. The summed E-state index contributed by atoms with van der Waals surface area (Å²) in [6, 6.07) is 1.72. The molecule has 0 spiro atoms. The van der Waals surface area contributed by atoms with Crippen molar-refractivity contribution in [2.24, 2.45) is 7.05 Å². The lowest BCUT2D eigenvalue weighted by Crippen LogP contribution is -2.26. The molecule has 0 radical (unpaired) electrons. The lowest BCUT2D eigenvalue weighted by atomic mass is 10.1. The molecule has 0 aliphatic carbocycles. The SMILES string of the molecule is CCCc1cc(=O)n2nc(NCC(c3cnn(C)c3)N(C)C)sc2n1. The lowest BCUT2D eigenvalue weighted by molar-refractivity contribution is 0.311. The van der Waals surface area contributed by atoms with Crippen molar-refractivity contribution in [1.82, 2.24) is 29.3 Å². The fourth-order valence-corrected chi connectivity index (χ4v) is 3.54. The molecule has 0 aromatic carbocycles. The summed E-state index contributed by atoms with van der Waals surface area (Å²) >= 11 is 1.40. The van der Waals surface area contributed by atoms with Gasteiger partial charge in [-0.1, -0.05) is 24.7 Å². The minimum Gasteiger partial charge on any atom is -0.358 e. The van der Waals surface area contributed by atoms with Crippen LogP contribution >= 0.6 is 11.3 Å². The molecule has 3 heterocycles. The molecule has 1 atom stereocenters. The number of aryl methyl sites for hydroxylation is 2. The van der Waals surface area contributed by atoms with E-state index in [1.54, 1.807) is 10.7 Å². The minimum absolute atomic E-state index is 0.130. The highest BCUT2D eigenvalue weighted by molar-refractivity contribution is 7.20. The average Bonchev–Trinajstić information content (AvgIpc) is 3.14. The third-order valence-corrected chi connectivity index (χ3v) is 4.85. The zero-order chi connectivity index (χ0) is 18.0. The highest BCUT2D eigenvalue weighted by Crippen LogP contribution is 2.21. The highest BCUT2D eigenvalue weighted by atomic mass is 32.1. The first-order valence-corrected chi connectivity index (χ1v) is 9.08. The van der Waals surface area contributed by atoms with Gasteiger partial charge in [0.1, 0.15) is 0 Å². The third-order valence-electron chi connectivity index (χ3n) is 3.98. The van der Waals surface area contributed by atoms with Gasteiger partial charge >= 0.3 is 0 Å². The zero-order valence-electron chi connectivity index (χ0n) is 14.9. The van der Waals surface area contributed by atoms with E-state index in [1.165, 1.54) is 15.9 Å². The molecule has 1 N–H and O–H groups in total. The zero-order valence-corrected chi connectivity index (χ0v) is 15.7. The van der Waals surface area contributed by atoms with Crippen LogP contribution in [0.25, 0.3) is 4.96 Å². The normalized spacial score (nSPS) is 12.8. The van der Waals surface area contributed by atoms with Crippen molar-refractivity contribution in [3.63, 3.8) is 0 Å². The number of hydrogen-bond donors (Lipinski definition) is 1. The average molecular weight is 361 g/mol. The summed E-state index contributed by atoms with van der Waals surface area (Å²) in [5.74, 6) is 0. The van der Waals surface area contributed by atoms with Gasteiger partial charge in [-0.3, -0.25) is 9.48 Å². The van der Waals surface area contributed by atoms with Gasteiger partial charge in [0.2, 0.25) is 10.1 Å². The standard InChI is InChI=1S/C16H23N7OS/c1-5-6-12-7-14(24)23-16(19-12)25-15(20-23)17-9-13(21(2)3)11-8-18-22(4)10-11/h7-8,10,13H,5-6,9H2,1-4H3,(H,17,20). The molecule has 1 unspecified atom stereocenters. The molecule has 9 heteroatoms. The van der Waals surface area contributed by atoms with Crippen LogP contribution in [0.2, 0.25) is 0 Å². The molecule has 0 amide bonds. The van der Waals surface area contributed by atoms with Gasteiger partial charge in [-0.25, -0.2) is 4.98 Å². The van der Waals surface area contributed by atoms with Crippen LogP contribution < -0.4 is 10.9 Å². The van der Waals surface area contributed by atoms with Crippen molar-refractivity contribution in [2.75, 3.05) is 26.0 Å². The molecular formula is C16H23N7OS. The number of rotatable bonds is 7. The quantitative estimate of drug-likeness (QED) is 0.688. The van der Waals surface area contributed by atoms with E-state index < -0.39 is 0 Å². The van der Waals surface area contributed by atoms with Gasteiger partial charge in [0.15, 0.2) is 0 Å². The highest BCUT2D eigenvalue weighted by Gasteiger charge is 2.17. The molecule has 3 aromatic rings. The molecule has 134 valence electrons. The number of anilines is 1. The van der Waals surface area contributed by atoms with E-state index in [0.717, 1.165) is 24.1 Å². The van der Waals surface area contributed by atoms with Crippen LogP contribution in [0.1, 0.15) is 30.6 Å². The largest absolute Gasteiger partial charge is 0.358 e. The molecule has 8 nitrogen and oxygen atoms in total. The molecule has 0 saturated carbocycles. The van der Waals surface area contributed by atoms with E-state index in [0.29, 0.717) is 16.6 Å². The van der Waals surface area contributed by atoms with Crippen LogP contribution in [-0.2, 0) is 13.5 Å². The second kappa shape index (κ2) is 7.32. The van der Waals surface area contributed by atoms with Crippen LogP contribution in [-0.4, -0.2) is 49.9 Å². The van der Waals surface area contributed by atoms with Gasteiger partial charge in [-0.2, -0.15) is 9.61 Å². The Bertz CT molecular complexity index is 911. The molecule has 0 fully saturated rings. The maximum absolute atomic E-state index is 12.2. The third kappa shape index (κ3) is 3.88. The molecule has 3 rings (SSSR count). The maximum Gasteiger partial charge on any atom is 0.275 e. The fourth-order valence-electron chi connectivity index (χ4n) is 2.71. The van der Waals surface area contributed by atoms with Gasteiger partial charge in [0, 0.05) is 37.1 Å². The van der Waals surface area contributed by atoms with Crippen molar-refractivity contribution in [1.29, 1.82) is 0 Å². The Morgan fingerprint density at radius 1 is 1.40 bits per heavy atom. The first-order chi connectivity index (χ1) is 12.0. The molecule has 3 aromatic heterocycles. The van der Waals surface area contributed by atoms with E-state index in [1.807, 2.05) is 33.5 Å². The topological polar surface area (TPSA) is 80.3 Å². The number of hydrogen-bond acceptors (Lipinski definition) is 7. The van der Waals surface area contributed by atoms with Gasteiger partial charge in [-0.15, -0.1) is 5.10 Å². The predicted molar refractivity (Wildman–Crippen MR) is 99.3 cm³/mol. The summed E-state index contributed by atoms with van der Waals surface area (Å²) in [5.41, 5.74) is 1.82. The monoisotopic (exact) mass is 361 g/mol. The second-order valence-corrected chi connectivity index (χ2v) is 7.20. The molecule has 0 aliphatic rings. The Hall–Kier alpha value is -2.26. The first-order valence-electron chi connectivity index (χ1n) is 8.26. The van der Waals surface area contributed by atoms with Crippen molar-refractivity contribution in [3.8, 4) is 0 Å². The summed E-state index contributed by atoms with van der Waals surface area (Å²) in [6.45, 7) is 2.73. The van der Waals surface area contributed by atoms with E-state index in [9.17, 15) is 4.79 Å². The summed E-state index contributed by atoms with van der Waals surface area (Å²) in [4.78, 5) is 19.5. The second-order valence-electron chi connectivity index (χ2n) is 6.24. The van der Waals surface area contributed by atoms with E-state index in [-0.39, 0.29) is 11.6 Å². The molecule has 0 bridgehead atoms. The summed E-state index contributed by atoms with van der Waals surface area (Å²) in [6.07, 6.45) is 5.64. The van der Waals surface area contributed by atoms with Gasteiger partial charge in [-0.05, 0) is 20.5 Å². The Morgan fingerprint density at radius 3 is 2.84 bits per heavy atom. The van der Waals surface area contributed by atoms with Crippen molar-refractivity contribution in [3.05, 3.63) is 40.1 Å². The van der Waals surface area contributed by atoms with Crippen LogP contribution in [0, 0.1) is 0 Å². The number of likely N-dealkylation sites (N-methyl/N-ethyl adjacent to an activating group) is 1. The Labute approximate surface area is 150 Å². The van der Waals surface area contributed by atoms with Gasteiger partial charge in [0.05, 0.1) is 12.2 Å². The number of nitrogens with one attached hydrogen (secondary N) is 1. The van der Waals surface area contributed by atoms with Crippen molar-refractivity contribution >= 4 is 21.4 Å². The summed E-state index contributed by atoms with van der Waals surface area (Å²) in [7, 11) is 5.96. The Kier molecular flexibility index (Phi) is 5.14. The Balaban J connectivity index is 1.80. The van der Waals surface area contributed by atoms with E-state index in [4.69, 9.17) is 0 Å². The fraction of sp³-hybridized carbons (Fsp3) is 0.500. The van der Waals surface area contributed by atoms with Crippen LogP contribution in [0.3, 0.4) is 0 Å². The van der Waals surface area contributed by atoms with Crippen LogP contribution in [0.5, 0.6) is 0 Å². The lowest BCUT2D eigenvalue weighted by Gasteiger charge is -2.23. The molecule has 0 aliphatic heterocycles. The molecule has 25 heavy (non-hydrogen) atoms. The van der Waals surface area contributed by atoms with Gasteiger partial charge in [0.25, 0.3) is 5.56 Å². The van der Waals surface area contributed by atoms with Gasteiger partial charge < -0.3 is 10.2 Å². The van der Waals surface area contributed by atoms with Crippen molar-refractivity contribution < 1.29 is 0 Å². The predicted octanol–water partition coefficient (Wildman–Crippen LogP) is 1.55. The van der Waals surface area contributed by atoms with E-state index in [2.05, 4.69) is 32.3 Å². The number of nitrogens with zero attached hydrogens (tertiary/aromatic N) is 6. The van der Waals surface area contributed by atoms with Crippen LogP contribution in [0.4, 0.5) is 5.13 Å². The number of aromatic nitrogens is 5. The van der Waals surface area contributed by atoms with E-state index >= 15 is 0 Å². The Morgan fingerprint density at radius 2 is 2.20 bits per heavy atom.